The first-order chi connectivity index (χ1) is 21.9. The molecule has 2 N–H and O–H groups in total. The molecule has 3 fully saturated rings. The molecule has 3 saturated heterocycles. The minimum atomic E-state index is -3.84. The number of hydrogen-bond donors (Lipinski definition) is 2. The SMILES string of the molecule is Cn1c(=O)n(C2CCC(=O)NC2=O)c2ccc(C3CCN(C(=O)Nc4cccc(CS(=O)(=O)N5CCC(=O)CC5)c4F)CC3)cc21. The van der Waals surface area contributed by atoms with Crippen molar-refractivity contribution in [3.05, 3.63) is 63.8 Å². The molecule has 0 bridgehead atoms. The van der Waals surface area contributed by atoms with Crippen LogP contribution in [0.3, 0.4) is 0 Å². The highest BCUT2D eigenvalue weighted by Crippen LogP contribution is 2.32. The van der Waals surface area contributed by atoms with E-state index in [0.717, 1.165) is 5.56 Å². The third-order valence-electron chi connectivity index (χ3n) is 9.22. The maximum Gasteiger partial charge on any atom is 0.329 e. The summed E-state index contributed by atoms with van der Waals surface area (Å²) in [6, 6.07) is 8.65. The zero-order chi connectivity index (χ0) is 32.7. The van der Waals surface area contributed by atoms with Crippen molar-refractivity contribution in [1.82, 2.24) is 23.7 Å². The largest absolute Gasteiger partial charge is 0.329 e. The number of ketones is 1. The number of nitrogens with one attached hydrogen (secondary N) is 2. The van der Waals surface area contributed by atoms with Gasteiger partial charge in [-0.2, -0.15) is 0 Å². The second kappa shape index (κ2) is 12.4. The van der Waals surface area contributed by atoms with E-state index in [1.165, 1.54) is 31.6 Å². The number of anilines is 1. The van der Waals surface area contributed by atoms with E-state index >= 15 is 4.39 Å². The van der Waals surface area contributed by atoms with E-state index < -0.39 is 39.6 Å². The Hall–Kier alpha value is -4.37. The first-order valence-corrected chi connectivity index (χ1v) is 16.9. The zero-order valence-corrected chi connectivity index (χ0v) is 26.1. The molecule has 1 atom stereocenters. The second-order valence-corrected chi connectivity index (χ2v) is 14.1. The molecule has 244 valence electrons. The number of rotatable bonds is 6. The predicted molar refractivity (Wildman–Crippen MR) is 166 cm³/mol. The van der Waals surface area contributed by atoms with E-state index in [0.29, 0.717) is 37.0 Å². The number of urea groups is 1. The van der Waals surface area contributed by atoms with E-state index in [-0.39, 0.29) is 73.3 Å². The molecule has 0 saturated carbocycles. The number of aryl methyl sites for hydroxylation is 1. The lowest BCUT2D eigenvalue weighted by Crippen LogP contribution is -2.44. The molecule has 0 aliphatic carbocycles. The third kappa shape index (κ3) is 6.08. The van der Waals surface area contributed by atoms with Gasteiger partial charge in [-0.3, -0.25) is 28.8 Å². The maximum atomic E-state index is 15.4. The lowest BCUT2D eigenvalue weighted by molar-refractivity contribution is -0.135. The Morgan fingerprint density at radius 2 is 1.67 bits per heavy atom. The summed E-state index contributed by atoms with van der Waals surface area (Å²) >= 11 is 0. The molecule has 3 aliphatic heterocycles. The van der Waals surface area contributed by atoms with Crippen LogP contribution in [0.1, 0.15) is 61.6 Å². The summed E-state index contributed by atoms with van der Waals surface area (Å²) in [4.78, 5) is 63.4. The van der Waals surface area contributed by atoms with Gasteiger partial charge < -0.3 is 10.2 Å². The number of imide groups is 1. The van der Waals surface area contributed by atoms with E-state index in [4.69, 9.17) is 0 Å². The van der Waals surface area contributed by atoms with E-state index in [1.807, 2.05) is 18.2 Å². The lowest BCUT2D eigenvalue weighted by Gasteiger charge is -2.32. The van der Waals surface area contributed by atoms with Crippen LogP contribution in [0.5, 0.6) is 0 Å². The molecule has 46 heavy (non-hydrogen) atoms. The van der Waals surface area contributed by atoms with Crippen molar-refractivity contribution >= 4 is 50.4 Å². The second-order valence-electron chi connectivity index (χ2n) is 12.1. The summed E-state index contributed by atoms with van der Waals surface area (Å²) < 4.78 is 45.2. The number of nitrogens with zero attached hydrogens (tertiary/aromatic N) is 4. The molecule has 13 nitrogen and oxygen atoms in total. The van der Waals surface area contributed by atoms with Gasteiger partial charge in [0.1, 0.15) is 11.8 Å². The Morgan fingerprint density at radius 3 is 2.37 bits per heavy atom. The van der Waals surface area contributed by atoms with Gasteiger partial charge in [0.15, 0.2) is 5.82 Å². The highest BCUT2D eigenvalue weighted by atomic mass is 32.2. The molecule has 2 aromatic carbocycles. The van der Waals surface area contributed by atoms with Crippen molar-refractivity contribution in [2.45, 2.75) is 56.2 Å². The van der Waals surface area contributed by atoms with Gasteiger partial charge in [0.25, 0.3) is 0 Å². The number of hydrogen-bond acceptors (Lipinski definition) is 7. The average molecular weight is 655 g/mol. The number of fused-ring (bicyclic) bond motifs is 1. The highest BCUT2D eigenvalue weighted by Gasteiger charge is 2.32. The molecule has 0 radical (unpaired) electrons. The summed E-state index contributed by atoms with van der Waals surface area (Å²) in [5.41, 5.74) is 1.74. The Kier molecular flexibility index (Phi) is 8.55. The van der Waals surface area contributed by atoms with Crippen molar-refractivity contribution in [3.8, 4) is 0 Å². The highest BCUT2D eigenvalue weighted by molar-refractivity contribution is 7.88. The summed E-state index contributed by atoms with van der Waals surface area (Å²) in [6.07, 6.45) is 1.94. The normalized spacial score (nSPS) is 20.3. The molecule has 0 spiro atoms. The maximum absolute atomic E-state index is 15.4. The van der Waals surface area contributed by atoms with Crippen LogP contribution in [0.4, 0.5) is 14.9 Å². The number of carbonyl (C=O) groups is 4. The van der Waals surface area contributed by atoms with E-state index in [2.05, 4.69) is 10.6 Å². The molecular weight excluding hydrogens is 619 g/mol. The molecule has 4 heterocycles. The van der Waals surface area contributed by atoms with Crippen LogP contribution in [0.25, 0.3) is 11.0 Å². The van der Waals surface area contributed by atoms with Crippen molar-refractivity contribution in [1.29, 1.82) is 0 Å². The van der Waals surface area contributed by atoms with Gasteiger partial charge in [-0.05, 0) is 48.9 Å². The van der Waals surface area contributed by atoms with E-state index in [9.17, 15) is 32.4 Å². The lowest BCUT2D eigenvalue weighted by atomic mass is 9.89. The average Bonchev–Trinajstić information content (AvgIpc) is 3.28. The first kappa shape index (κ1) is 31.6. The van der Waals surface area contributed by atoms with Gasteiger partial charge in [0, 0.05) is 58.1 Å². The number of Topliss-reactive ketones (excluding diaryl/α,β-unsaturated/α-hetero) is 1. The fourth-order valence-corrected chi connectivity index (χ4v) is 8.10. The monoisotopic (exact) mass is 654 g/mol. The topological polar surface area (TPSA) is 160 Å². The number of piperidine rings is 3. The molecule has 4 amide bonds. The van der Waals surface area contributed by atoms with Crippen molar-refractivity contribution in [2.75, 3.05) is 31.5 Å². The predicted octanol–water partition coefficient (Wildman–Crippen LogP) is 2.36. The number of sulfonamides is 1. The Morgan fingerprint density at radius 1 is 0.957 bits per heavy atom. The minimum Gasteiger partial charge on any atom is -0.324 e. The minimum absolute atomic E-state index is 0.00103. The van der Waals surface area contributed by atoms with Crippen LogP contribution in [0.15, 0.2) is 41.2 Å². The number of likely N-dealkylation sites (tertiary alicyclic amines) is 1. The third-order valence-corrected chi connectivity index (χ3v) is 11.0. The molecule has 3 aliphatic rings. The zero-order valence-electron chi connectivity index (χ0n) is 25.3. The number of carbonyl (C=O) groups excluding carboxylic acids is 4. The van der Waals surface area contributed by atoms with Crippen LogP contribution in [-0.4, -0.2) is 76.6 Å². The summed E-state index contributed by atoms with van der Waals surface area (Å²) in [6.45, 7) is 0.953. The van der Waals surface area contributed by atoms with Gasteiger partial charge >= 0.3 is 11.7 Å². The Bertz CT molecular complexity index is 1900. The molecule has 15 heteroatoms. The van der Waals surface area contributed by atoms with Crippen LogP contribution >= 0.6 is 0 Å². The van der Waals surface area contributed by atoms with Crippen molar-refractivity contribution in [3.63, 3.8) is 0 Å². The number of aromatic nitrogens is 2. The number of imidazole rings is 1. The fraction of sp³-hybridized carbons (Fsp3) is 0.452. The Balaban J connectivity index is 1.10. The van der Waals surface area contributed by atoms with Gasteiger partial charge in [-0.1, -0.05) is 18.2 Å². The van der Waals surface area contributed by atoms with Gasteiger partial charge in [-0.15, -0.1) is 0 Å². The number of benzene rings is 2. The summed E-state index contributed by atoms with van der Waals surface area (Å²) in [7, 11) is -2.20. The van der Waals surface area contributed by atoms with Gasteiger partial charge in [0.05, 0.1) is 22.5 Å². The van der Waals surface area contributed by atoms with Gasteiger partial charge in [0.2, 0.25) is 21.8 Å². The van der Waals surface area contributed by atoms with Crippen LogP contribution in [0.2, 0.25) is 0 Å². The molecular formula is C31H35FN6O7S. The number of amides is 4. The fourth-order valence-electron chi connectivity index (χ4n) is 6.56. The molecule has 3 aromatic rings. The molecule has 6 rings (SSSR count). The standard InChI is InChI=1S/C31H35FN6O7S/c1-35-26-17-20(5-6-24(26)38(31(35)43)25-7-8-27(40)34-29(25)41)19-9-13-36(14-10-19)30(42)33-23-4-2-3-21(28(23)32)18-46(44,45)37-15-11-22(39)12-16-37/h2-6,17,19,25H,7-16,18H2,1H3,(H,33,42)(H,34,40,41). The molecule has 1 aromatic heterocycles. The van der Waals surface area contributed by atoms with Crippen molar-refractivity contribution < 1.29 is 32.0 Å². The van der Waals surface area contributed by atoms with Crippen molar-refractivity contribution in [2.24, 2.45) is 7.05 Å². The van der Waals surface area contributed by atoms with Crippen LogP contribution in [-0.2, 0) is 37.2 Å². The van der Waals surface area contributed by atoms with Crippen LogP contribution < -0.4 is 16.3 Å². The van der Waals surface area contributed by atoms with Gasteiger partial charge in [-0.25, -0.2) is 26.7 Å². The summed E-state index contributed by atoms with van der Waals surface area (Å²) in [5.74, 6) is -2.14. The smallest absolute Gasteiger partial charge is 0.324 e. The molecule has 1 unspecified atom stereocenters. The van der Waals surface area contributed by atoms with Crippen LogP contribution in [0, 0.1) is 5.82 Å². The van der Waals surface area contributed by atoms with E-state index in [1.54, 1.807) is 11.9 Å². The number of halogens is 1. The summed E-state index contributed by atoms with van der Waals surface area (Å²) in [5, 5.41) is 4.90. The quantitative estimate of drug-likeness (QED) is 0.386. The Labute approximate surface area is 264 Å². The first-order valence-electron chi connectivity index (χ1n) is 15.3.